The molecule has 0 aliphatic carbocycles. The lowest BCUT2D eigenvalue weighted by atomic mass is 10.3. The fourth-order valence-electron chi connectivity index (χ4n) is 1.70. The standard InChI is InChI=1S/C14H17N3O2S/c1-2-10-20(18,19)17-13-8-9-14(15-11-13)16-12-6-4-3-5-7-12/h3-9,11,17H,2,10H2,1H3,(H,15,16). The zero-order chi connectivity index (χ0) is 14.4. The molecule has 2 rings (SSSR count). The zero-order valence-corrected chi connectivity index (χ0v) is 12.0. The summed E-state index contributed by atoms with van der Waals surface area (Å²) in [5.41, 5.74) is 1.40. The Morgan fingerprint density at radius 2 is 1.80 bits per heavy atom. The summed E-state index contributed by atoms with van der Waals surface area (Å²) in [4.78, 5) is 4.18. The molecule has 2 N–H and O–H groups in total. The van der Waals surface area contributed by atoms with Crippen molar-refractivity contribution in [3.8, 4) is 0 Å². The number of anilines is 3. The van der Waals surface area contributed by atoms with Crippen LogP contribution in [0.4, 0.5) is 17.2 Å². The molecule has 0 saturated carbocycles. The van der Waals surface area contributed by atoms with E-state index in [4.69, 9.17) is 0 Å². The van der Waals surface area contributed by atoms with E-state index in [0.29, 0.717) is 17.9 Å². The average Bonchev–Trinajstić information content (AvgIpc) is 2.42. The van der Waals surface area contributed by atoms with E-state index in [1.54, 1.807) is 12.1 Å². The van der Waals surface area contributed by atoms with Crippen molar-refractivity contribution in [1.82, 2.24) is 4.98 Å². The van der Waals surface area contributed by atoms with Gasteiger partial charge in [-0.1, -0.05) is 25.1 Å². The second kappa shape index (κ2) is 6.38. The number of para-hydroxylation sites is 1. The van der Waals surface area contributed by atoms with Crippen molar-refractivity contribution in [2.24, 2.45) is 0 Å². The number of pyridine rings is 1. The van der Waals surface area contributed by atoms with Gasteiger partial charge in [-0.2, -0.15) is 0 Å². The van der Waals surface area contributed by atoms with Gasteiger partial charge < -0.3 is 5.32 Å². The second-order valence-electron chi connectivity index (χ2n) is 4.34. The molecule has 0 spiro atoms. The van der Waals surface area contributed by atoms with Crippen molar-refractivity contribution in [3.05, 3.63) is 48.7 Å². The molecular weight excluding hydrogens is 274 g/mol. The molecule has 0 unspecified atom stereocenters. The van der Waals surface area contributed by atoms with Crippen LogP contribution in [0.15, 0.2) is 48.7 Å². The Bertz CT molecular complexity index is 640. The molecule has 0 aliphatic rings. The van der Waals surface area contributed by atoms with E-state index in [2.05, 4.69) is 15.0 Å². The molecule has 0 atom stereocenters. The zero-order valence-electron chi connectivity index (χ0n) is 11.2. The monoisotopic (exact) mass is 291 g/mol. The van der Waals surface area contributed by atoms with E-state index in [-0.39, 0.29) is 5.75 Å². The number of benzene rings is 1. The maximum atomic E-state index is 11.6. The summed E-state index contributed by atoms with van der Waals surface area (Å²) >= 11 is 0. The molecule has 0 aliphatic heterocycles. The fourth-order valence-corrected chi connectivity index (χ4v) is 2.82. The van der Waals surface area contributed by atoms with E-state index in [1.807, 2.05) is 37.3 Å². The largest absolute Gasteiger partial charge is 0.340 e. The molecule has 5 nitrogen and oxygen atoms in total. The lowest BCUT2D eigenvalue weighted by Crippen LogP contribution is -2.16. The first kappa shape index (κ1) is 14.3. The number of hydrogen-bond acceptors (Lipinski definition) is 4. The van der Waals surface area contributed by atoms with Crippen molar-refractivity contribution in [1.29, 1.82) is 0 Å². The second-order valence-corrected chi connectivity index (χ2v) is 6.19. The van der Waals surface area contributed by atoms with Gasteiger partial charge in [-0.15, -0.1) is 0 Å². The van der Waals surface area contributed by atoms with Crippen molar-refractivity contribution in [3.63, 3.8) is 0 Å². The molecular formula is C14H17N3O2S. The minimum absolute atomic E-state index is 0.108. The SMILES string of the molecule is CCCS(=O)(=O)Nc1ccc(Nc2ccccc2)nc1. The predicted molar refractivity (Wildman–Crippen MR) is 81.7 cm³/mol. The molecule has 1 heterocycles. The minimum atomic E-state index is -3.27. The molecule has 106 valence electrons. The maximum absolute atomic E-state index is 11.6. The Morgan fingerprint density at radius 3 is 2.40 bits per heavy atom. The Morgan fingerprint density at radius 1 is 1.05 bits per heavy atom. The molecule has 1 aromatic heterocycles. The highest BCUT2D eigenvalue weighted by Crippen LogP contribution is 2.16. The third kappa shape index (κ3) is 4.24. The average molecular weight is 291 g/mol. The van der Waals surface area contributed by atoms with Crippen LogP contribution in [-0.4, -0.2) is 19.2 Å². The first-order valence-corrected chi connectivity index (χ1v) is 8.03. The normalized spacial score (nSPS) is 11.1. The van der Waals surface area contributed by atoms with Crippen LogP contribution in [0.5, 0.6) is 0 Å². The summed E-state index contributed by atoms with van der Waals surface area (Å²) in [6.45, 7) is 1.82. The Labute approximate surface area is 119 Å². The summed E-state index contributed by atoms with van der Waals surface area (Å²) in [6, 6.07) is 13.1. The number of aromatic nitrogens is 1. The quantitative estimate of drug-likeness (QED) is 0.858. The molecule has 20 heavy (non-hydrogen) atoms. The van der Waals surface area contributed by atoms with Crippen LogP contribution in [-0.2, 0) is 10.0 Å². The van der Waals surface area contributed by atoms with Crippen molar-refractivity contribution in [2.75, 3.05) is 15.8 Å². The van der Waals surface area contributed by atoms with Gasteiger partial charge in [-0.05, 0) is 30.7 Å². The first-order chi connectivity index (χ1) is 9.59. The third-order valence-corrected chi connectivity index (χ3v) is 4.05. The number of hydrogen-bond donors (Lipinski definition) is 2. The van der Waals surface area contributed by atoms with Gasteiger partial charge >= 0.3 is 0 Å². The van der Waals surface area contributed by atoms with Crippen LogP contribution in [0.25, 0.3) is 0 Å². The van der Waals surface area contributed by atoms with Gasteiger partial charge in [0.05, 0.1) is 17.6 Å². The van der Waals surface area contributed by atoms with Crippen molar-refractivity contribution < 1.29 is 8.42 Å². The highest BCUT2D eigenvalue weighted by molar-refractivity contribution is 7.92. The topological polar surface area (TPSA) is 71.1 Å². The van der Waals surface area contributed by atoms with Gasteiger partial charge in [0.2, 0.25) is 10.0 Å². The van der Waals surface area contributed by atoms with Crippen LogP contribution in [0.3, 0.4) is 0 Å². The molecule has 2 aromatic rings. The molecule has 0 amide bonds. The predicted octanol–water partition coefficient (Wildman–Crippen LogP) is 2.98. The Kier molecular flexibility index (Phi) is 4.57. The molecule has 0 radical (unpaired) electrons. The van der Waals surface area contributed by atoms with Crippen molar-refractivity contribution in [2.45, 2.75) is 13.3 Å². The van der Waals surface area contributed by atoms with Gasteiger partial charge in [0.1, 0.15) is 5.82 Å². The van der Waals surface area contributed by atoms with E-state index in [9.17, 15) is 8.42 Å². The summed E-state index contributed by atoms with van der Waals surface area (Å²) in [5.74, 6) is 0.770. The van der Waals surface area contributed by atoms with Crippen LogP contribution < -0.4 is 10.0 Å². The van der Waals surface area contributed by atoms with Crippen LogP contribution in [0, 0.1) is 0 Å². The summed E-state index contributed by atoms with van der Waals surface area (Å²) in [5, 5.41) is 3.13. The van der Waals surface area contributed by atoms with Gasteiger partial charge in [-0.3, -0.25) is 4.72 Å². The van der Waals surface area contributed by atoms with Gasteiger partial charge in [0.25, 0.3) is 0 Å². The Hall–Kier alpha value is -2.08. The van der Waals surface area contributed by atoms with E-state index < -0.39 is 10.0 Å². The molecule has 1 aromatic carbocycles. The van der Waals surface area contributed by atoms with E-state index >= 15 is 0 Å². The lowest BCUT2D eigenvalue weighted by molar-refractivity contribution is 0.600. The number of sulfonamides is 1. The first-order valence-electron chi connectivity index (χ1n) is 6.38. The highest BCUT2D eigenvalue weighted by Gasteiger charge is 2.08. The molecule has 0 saturated heterocycles. The van der Waals surface area contributed by atoms with Crippen LogP contribution in [0.2, 0.25) is 0 Å². The van der Waals surface area contributed by atoms with Gasteiger partial charge in [-0.25, -0.2) is 13.4 Å². The maximum Gasteiger partial charge on any atom is 0.232 e. The minimum Gasteiger partial charge on any atom is -0.340 e. The van der Waals surface area contributed by atoms with Gasteiger partial charge in [0, 0.05) is 5.69 Å². The fraction of sp³-hybridized carbons (Fsp3) is 0.214. The summed E-state index contributed by atoms with van der Waals surface area (Å²) in [6.07, 6.45) is 2.08. The lowest BCUT2D eigenvalue weighted by Gasteiger charge is -2.08. The molecule has 0 bridgehead atoms. The van der Waals surface area contributed by atoms with Crippen LogP contribution >= 0.6 is 0 Å². The third-order valence-electron chi connectivity index (χ3n) is 2.56. The van der Waals surface area contributed by atoms with E-state index in [0.717, 1.165) is 5.69 Å². The summed E-state index contributed by atoms with van der Waals surface area (Å²) < 4.78 is 25.7. The Balaban J connectivity index is 2.03. The molecule has 0 fully saturated rings. The number of rotatable bonds is 6. The number of nitrogens with one attached hydrogen (secondary N) is 2. The molecule has 6 heteroatoms. The number of nitrogens with zero attached hydrogens (tertiary/aromatic N) is 1. The summed E-state index contributed by atoms with van der Waals surface area (Å²) in [7, 11) is -3.27. The van der Waals surface area contributed by atoms with Crippen molar-refractivity contribution >= 4 is 27.2 Å². The smallest absolute Gasteiger partial charge is 0.232 e. The van der Waals surface area contributed by atoms with E-state index in [1.165, 1.54) is 6.20 Å². The highest BCUT2D eigenvalue weighted by atomic mass is 32.2. The van der Waals surface area contributed by atoms with Crippen LogP contribution in [0.1, 0.15) is 13.3 Å². The van der Waals surface area contributed by atoms with Gasteiger partial charge in [0.15, 0.2) is 0 Å².